The van der Waals surface area contributed by atoms with E-state index in [2.05, 4.69) is 67.2 Å². The summed E-state index contributed by atoms with van der Waals surface area (Å²) < 4.78 is 0. The molecule has 1 aliphatic carbocycles. The van der Waals surface area contributed by atoms with Crippen molar-refractivity contribution >= 4 is 0 Å². The van der Waals surface area contributed by atoms with Gasteiger partial charge in [0.05, 0.1) is 0 Å². The molecule has 0 N–H and O–H groups in total. The van der Waals surface area contributed by atoms with Crippen molar-refractivity contribution in [2.75, 3.05) is 0 Å². The van der Waals surface area contributed by atoms with E-state index in [-0.39, 0.29) is 0 Å². The highest BCUT2D eigenvalue weighted by molar-refractivity contribution is 5.20. The number of unbranched alkanes of at least 4 members (excludes halogenated alkanes) is 1. The Bertz CT molecular complexity index is 328. The summed E-state index contributed by atoms with van der Waals surface area (Å²) in [5.41, 5.74) is 2.42. The third-order valence-corrected chi connectivity index (χ3v) is 5.04. The largest absolute Gasteiger partial charge is 0.0993 e. The fourth-order valence-electron chi connectivity index (χ4n) is 3.39. The third-order valence-electron chi connectivity index (χ3n) is 5.04. The van der Waals surface area contributed by atoms with Crippen molar-refractivity contribution in [1.82, 2.24) is 0 Å². The Morgan fingerprint density at radius 3 is 1.92 bits per heavy atom. The second kappa shape index (κ2) is 17.9. The van der Waals surface area contributed by atoms with Gasteiger partial charge in [0, 0.05) is 0 Å². The van der Waals surface area contributed by atoms with Crippen LogP contribution in [0.15, 0.2) is 24.3 Å². The van der Waals surface area contributed by atoms with Gasteiger partial charge in [0.2, 0.25) is 0 Å². The Labute approximate surface area is 168 Å². The lowest BCUT2D eigenvalue weighted by Crippen LogP contribution is -2.21. The lowest BCUT2D eigenvalue weighted by Gasteiger charge is -2.31. The van der Waals surface area contributed by atoms with Crippen molar-refractivity contribution in [1.29, 1.82) is 0 Å². The maximum atomic E-state index is 4.25. The van der Waals surface area contributed by atoms with E-state index in [1.54, 1.807) is 0 Å². The van der Waals surface area contributed by atoms with E-state index >= 15 is 0 Å². The Hall–Kier alpha value is -0.520. The smallest absolute Gasteiger partial charge is 0.00563 e. The minimum atomic E-state index is 0.389. The minimum Gasteiger partial charge on any atom is -0.0993 e. The minimum absolute atomic E-state index is 0.389. The van der Waals surface area contributed by atoms with Crippen molar-refractivity contribution < 1.29 is 0 Å². The van der Waals surface area contributed by atoms with Gasteiger partial charge in [-0.2, -0.15) is 0 Å². The van der Waals surface area contributed by atoms with Gasteiger partial charge >= 0.3 is 0 Å². The fourth-order valence-corrected chi connectivity index (χ4v) is 3.39. The lowest BCUT2D eigenvalue weighted by molar-refractivity contribution is 0.300. The molecule has 26 heavy (non-hydrogen) atoms. The first-order valence-electron chi connectivity index (χ1n) is 11.6. The van der Waals surface area contributed by atoms with E-state index in [0.717, 1.165) is 12.3 Å². The highest BCUT2D eigenvalue weighted by Crippen LogP contribution is 2.50. The standard InChI is InChI=1S/C14H24.C8H18.2C2H6/c1-5-7-8-13-10-9-12(3)14(13,4)11-6-2;1-5-6-7-8(2,3)4;2*1-2/h7-8,13H,3,5-6,9-11H2,1-2,4H3;5-7H2,1-4H3;2*1-2H3. The number of rotatable bonds is 6. The molecule has 0 amide bonds. The molecule has 0 heteroatoms. The first-order valence-corrected chi connectivity index (χ1v) is 11.6. The quantitative estimate of drug-likeness (QED) is 0.410. The van der Waals surface area contributed by atoms with Gasteiger partial charge in [-0.05, 0) is 48.9 Å². The molecule has 0 aromatic heterocycles. The van der Waals surface area contributed by atoms with E-state index in [0.29, 0.717) is 10.8 Å². The van der Waals surface area contributed by atoms with Gasteiger partial charge in [-0.25, -0.2) is 0 Å². The van der Waals surface area contributed by atoms with Crippen LogP contribution in [0.1, 0.15) is 128 Å². The van der Waals surface area contributed by atoms with E-state index in [4.69, 9.17) is 0 Å². The summed E-state index contributed by atoms with van der Waals surface area (Å²) in [5, 5.41) is 0. The van der Waals surface area contributed by atoms with Crippen molar-refractivity contribution in [2.24, 2.45) is 16.7 Å². The van der Waals surface area contributed by atoms with Crippen molar-refractivity contribution in [3.8, 4) is 0 Å². The SMILES string of the molecule is C=C1CCC(C=CCC)C1(C)CCC.CC.CC.CCCCC(C)(C)C. The van der Waals surface area contributed by atoms with Crippen molar-refractivity contribution in [3.05, 3.63) is 24.3 Å². The van der Waals surface area contributed by atoms with E-state index < -0.39 is 0 Å². The molecule has 158 valence electrons. The van der Waals surface area contributed by atoms with Crippen LogP contribution in [0.25, 0.3) is 0 Å². The maximum Gasteiger partial charge on any atom is -0.00563 e. The molecule has 0 saturated heterocycles. The van der Waals surface area contributed by atoms with Crippen LogP contribution in [0, 0.1) is 16.7 Å². The first kappa shape index (κ1) is 30.2. The van der Waals surface area contributed by atoms with Crippen LogP contribution in [0.2, 0.25) is 0 Å². The van der Waals surface area contributed by atoms with Gasteiger partial charge in [-0.3, -0.25) is 0 Å². The van der Waals surface area contributed by atoms with Crippen LogP contribution < -0.4 is 0 Å². The Morgan fingerprint density at radius 2 is 1.58 bits per heavy atom. The summed E-state index contributed by atoms with van der Waals surface area (Å²) in [5.74, 6) is 0.745. The molecular weight excluding hydrogens is 312 g/mol. The average molecular weight is 367 g/mol. The highest BCUT2D eigenvalue weighted by Gasteiger charge is 2.38. The molecule has 2 atom stereocenters. The second-order valence-corrected chi connectivity index (χ2v) is 8.42. The number of hydrogen-bond acceptors (Lipinski definition) is 0. The highest BCUT2D eigenvalue weighted by atomic mass is 14.4. The molecule has 0 aromatic carbocycles. The molecule has 2 unspecified atom stereocenters. The van der Waals surface area contributed by atoms with Crippen molar-refractivity contribution in [3.63, 3.8) is 0 Å². The van der Waals surface area contributed by atoms with E-state index in [9.17, 15) is 0 Å². The van der Waals surface area contributed by atoms with Gasteiger partial charge in [0.1, 0.15) is 0 Å². The predicted octanol–water partition coefficient (Wildman–Crippen LogP) is 10.0. The molecule has 1 rings (SSSR count). The summed E-state index contributed by atoms with van der Waals surface area (Å²) in [6.07, 6.45) is 15.1. The Balaban J connectivity index is -0.000000377. The lowest BCUT2D eigenvalue weighted by atomic mass is 9.74. The van der Waals surface area contributed by atoms with Gasteiger partial charge in [0.15, 0.2) is 0 Å². The predicted molar refractivity (Wildman–Crippen MR) is 126 cm³/mol. The number of allylic oxidation sites excluding steroid dienone is 3. The normalized spacial score (nSPS) is 22.0. The van der Waals surface area contributed by atoms with Crippen LogP contribution in [-0.4, -0.2) is 0 Å². The van der Waals surface area contributed by atoms with Crippen LogP contribution in [0.4, 0.5) is 0 Å². The van der Waals surface area contributed by atoms with Gasteiger partial charge in [-0.15, -0.1) is 0 Å². The van der Waals surface area contributed by atoms with Gasteiger partial charge in [-0.1, -0.05) is 120 Å². The fraction of sp³-hybridized carbons (Fsp3) is 0.846. The average Bonchev–Trinajstić information content (AvgIpc) is 2.89. The zero-order valence-electron chi connectivity index (χ0n) is 20.6. The molecule has 1 fully saturated rings. The zero-order valence-corrected chi connectivity index (χ0v) is 20.6. The second-order valence-electron chi connectivity index (χ2n) is 8.42. The summed E-state index contributed by atoms with van der Waals surface area (Å²) in [4.78, 5) is 0. The topological polar surface area (TPSA) is 0 Å². The van der Waals surface area contributed by atoms with Crippen LogP contribution in [0.5, 0.6) is 0 Å². The Kier molecular flexibility index (Phi) is 20.8. The molecule has 0 nitrogen and oxygen atoms in total. The molecule has 0 aliphatic heterocycles. The summed E-state index contributed by atoms with van der Waals surface area (Å²) in [6, 6.07) is 0. The molecule has 0 radical (unpaired) electrons. The number of hydrogen-bond donors (Lipinski definition) is 0. The Morgan fingerprint density at radius 1 is 1.04 bits per heavy atom. The maximum absolute atomic E-state index is 4.25. The first-order chi connectivity index (χ1) is 12.2. The molecular formula is C26H54. The van der Waals surface area contributed by atoms with Crippen LogP contribution >= 0.6 is 0 Å². The summed E-state index contributed by atoms with van der Waals surface area (Å²) in [7, 11) is 0. The molecule has 1 aliphatic rings. The van der Waals surface area contributed by atoms with E-state index in [1.165, 1.54) is 50.5 Å². The van der Waals surface area contributed by atoms with Crippen LogP contribution in [-0.2, 0) is 0 Å². The molecule has 1 saturated carbocycles. The third kappa shape index (κ3) is 13.7. The summed E-state index contributed by atoms with van der Waals surface area (Å²) in [6.45, 7) is 28.3. The molecule has 0 heterocycles. The van der Waals surface area contributed by atoms with Gasteiger partial charge in [0.25, 0.3) is 0 Å². The monoisotopic (exact) mass is 366 g/mol. The molecule has 0 aromatic rings. The van der Waals surface area contributed by atoms with Crippen molar-refractivity contribution in [2.45, 2.75) is 128 Å². The van der Waals surface area contributed by atoms with Crippen LogP contribution in [0.3, 0.4) is 0 Å². The molecule has 0 spiro atoms. The van der Waals surface area contributed by atoms with Gasteiger partial charge < -0.3 is 0 Å². The zero-order chi connectivity index (χ0) is 21.2. The van der Waals surface area contributed by atoms with E-state index in [1.807, 2.05) is 27.7 Å². The molecule has 0 bridgehead atoms. The summed E-state index contributed by atoms with van der Waals surface area (Å²) >= 11 is 0.